The third kappa shape index (κ3) is 2.09. The van der Waals surface area contributed by atoms with Gasteiger partial charge >= 0.3 is 143 Å². The number of hydrogen-bond donors (Lipinski definition) is 0. The first-order chi connectivity index (χ1) is 11.2. The summed E-state index contributed by atoms with van der Waals surface area (Å²) < 4.78 is 0. The van der Waals surface area contributed by atoms with E-state index < -0.39 is 5.96 Å². The van der Waals surface area contributed by atoms with Crippen molar-refractivity contribution in [1.82, 2.24) is 0 Å². The van der Waals surface area contributed by atoms with E-state index in [1.807, 2.05) is 0 Å². The first-order valence-electron chi connectivity index (χ1n) is 8.15. The molecule has 0 aliphatic heterocycles. The summed E-state index contributed by atoms with van der Waals surface area (Å²) in [7, 11) is 0. The third-order valence-corrected chi connectivity index (χ3v) is 13.4. The molecule has 0 spiro atoms. The summed E-state index contributed by atoms with van der Waals surface area (Å²) in [6.45, 7) is 0. The Hall–Kier alpha value is -1.62. The van der Waals surface area contributed by atoms with Crippen molar-refractivity contribution in [2.75, 3.05) is 0 Å². The Morgan fingerprint density at radius 2 is 0.870 bits per heavy atom. The minimum absolute atomic E-state index is 0.537. The van der Waals surface area contributed by atoms with Gasteiger partial charge in [0.15, 0.2) is 0 Å². The molecule has 0 aromatic heterocycles. The molecule has 0 N–H and O–H groups in total. The number of benzene rings is 3. The van der Waals surface area contributed by atoms with Gasteiger partial charge in [0.1, 0.15) is 0 Å². The van der Waals surface area contributed by atoms with Gasteiger partial charge in [-0.1, -0.05) is 0 Å². The van der Waals surface area contributed by atoms with Crippen molar-refractivity contribution in [3.8, 4) is 0 Å². The van der Waals surface area contributed by atoms with Crippen LogP contribution in [-0.2, 0) is 0 Å². The summed E-state index contributed by atoms with van der Waals surface area (Å²) in [6.07, 6.45) is 2.42. The van der Waals surface area contributed by atoms with E-state index in [4.69, 9.17) is 11.2 Å². The quantitative estimate of drug-likeness (QED) is 0.598. The zero-order chi connectivity index (χ0) is 15.8. The minimum atomic E-state index is -2.93. The van der Waals surface area contributed by atoms with Gasteiger partial charge in [-0.05, 0) is 0 Å². The first-order valence-corrected chi connectivity index (χ1v) is 11.4. The van der Waals surface area contributed by atoms with Gasteiger partial charge in [0.25, 0.3) is 0 Å². The van der Waals surface area contributed by atoms with Crippen LogP contribution in [0.3, 0.4) is 0 Å². The molecular formula is C21H20ClP. The SMILES string of the molecule is ClP(c1ccccc1)(c1ccccc1)(c1ccccc1)C1CC1. The Kier molecular flexibility index (Phi) is 3.56. The van der Waals surface area contributed by atoms with Crippen molar-refractivity contribution in [2.24, 2.45) is 0 Å². The maximum atomic E-state index is 7.90. The summed E-state index contributed by atoms with van der Waals surface area (Å²) in [5.74, 6) is -2.93. The monoisotopic (exact) mass is 338 g/mol. The summed E-state index contributed by atoms with van der Waals surface area (Å²) >= 11 is 7.90. The van der Waals surface area contributed by atoms with Gasteiger partial charge in [0.2, 0.25) is 0 Å². The van der Waals surface area contributed by atoms with Gasteiger partial charge in [-0.25, -0.2) is 0 Å². The van der Waals surface area contributed by atoms with Crippen LogP contribution < -0.4 is 15.9 Å². The molecular weight excluding hydrogens is 319 g/mol. The van der Waals surface area contributed by atoms with Gasteiger partial charge in [-0.15, -0.1) is 0 Å². The first kappa shape index (κ1) is 14.9. The fourth-order valence-electron chi connectivity index (χ4n) is 3.80. The normalized spacial score (nSPS) is 16.5. The van der Waals surface area contributed by atoms with Crippen molar-refractivity contribution >= 4 is 33.1 Å². The maximum absolute atomic E-state index is 7.90. The molecule has 116 valence electrons. The standard InChI is InChI=1S/C21H20ClP/c22-23(21-16-17-21,18-10-4-1-5-11-18,19-12-6-2-7-13-19)20-14-8-3-9-15-20/h1-15,21H,16-17H2. The molecule has 0 unspecified atom stereocenters. The van der Waals surface area contributed by atoms with Crippen LogP contribution in [0.5, 0.6) is 0 Å². The van der Waals surface area contributed by atoms with Crippen molar-refractivity contribution in [1.29, 1.82) is 0 Å². The second-order valence-electron chi connectivity index (χ2n) is 6.31. The Morgan fingerprint density at radius 1 is 0.565 bits per heavy atom. The van der Waals surface area contributed by atoms with Crippen molar-refractivity contribution in [2.45, 2.75) is 18.5 Å². The van der Waals surface area contributed by atoms with Crippen LogP contribution >= 0.6 is 17.2 Å². The summed E-state index contributed by atoms with van der Waals surface area (Å²) in [6, 6.07) is 32.3. The molecule has 1 aliphatic carbocycles. The van der Waals surface area contributed by atoms with Crippen molar-refractivity contribution < 1.29 is 0 Å². The van der Waals surface area contributed by atoms with Crippen LogP contribution in [0, 0.1) is 0 Å². The Morgan fingerprint density at radius 3 is 1.13 bits per heavy atom. The van der Waals surface area contributed by atoms with E-state index in [2.05, 4.69) is 91.0 Å². The fourth-order valence-corrected chi connectivity index (χ4v) is 10.9. The van der Waals surface area contributed by atoms with Crippen LogP contribution in [0.1, 0.15) is 12.8 Å². The molecule has 0 atom stereocenters. The summed E-state index contributed by atoms with van der Waals surface area (Å²) in [4.78, 5) is 0. The molecule has 4 rings (SSSR count). The van der Waals surface area contributed by atoms with Crippen LogP contribution in [-0.4, -0.2) is 5.66 Å². The van der Waals surface area contributed by atoms with E-state index in [0.717, 1.165) is 0 Å². The van der Waals surface area contributed by atoms with Gasteiger partial charge in [0, 0.05) is 0 Å². The van der Waals surface area contributed by atoms with Crippen LogP contribution in [0.15, 0.2) is 91.0 Å². The molecule has 23 heavy (non-hydrogen) atoms. The van der Waals surface area contributed by atoms with Gasteiger partial charge in [0.05, 0.1) is 0 Å². The zero-order valence-corrected chi connectivity index (χ0v) is 14.6. The molecule has 3 aromatic rings. The van der Waals surface area contributed by atoms with Crippen molar-refractivity contribution in [3.05, 3.63) is 91.0 Å². The van der Waals surface area contributed by atoms with E-state index in [9.17, 15) is 0 Å². The molecule has 0 saturated heterocycles. The predicted octanol–water partition coefficient (Wildman–Crippen LogP) is 4.83. The van der Waals surface area contributed by atoms with Crippen LogP contribution in [0.2, 0.25) is 0 Å². The second-order valence-corrected chi connectivity index (χ2v) is 12.8. The molecule has 1 aliphatic rings. The second kappa shape index (κ2) is 5.48. The fraction of sp³-hybridized carbons (Fsp3) is 0.143. The molecule has 0 bridgehead atoms. The summed E-state index contributed by atoms with van der Waals surface area (Å²) in [5.41, 5.74) is 0.537. The number of rotatable bonds is 4. The molecule has 0 radical (unpaired) electrons. The van der Waals surface area contributed by atoms with Gasteiger partial charge < -0.3 is 0 Å². The van der Waals surface area contributed by atoms with Crippen molar-refractivity contribution in [3.63, 3.8) is 0 Å². The van der Waals surface area contributed by atoms with E-state index in [1.165, 1.54) is 28.8 Å². The average Bonchev–Trinajstić information content (AvgIpc) is 3.49. The average molecular weight is 339 g/mol. The Bertz CT molecular complexity index is 696. The van der Waals surface area contributed by atoms with E-state index in [1.54, 1.807) is 0 Å². The molecule has 0 nitrogen and oxygen atoms in total. The Balaban J connectivity index is 2.12. The molecule has 1 saturated carbocycles. The van der Waals surface area contributed by atoms with Gasteiger partial charge in [-0.2, -0.15) is 0 Å². The topological polar surface area (TPSA) is 0 Å². The summed E-state index contributed by atoms with van der Waals surface area (Å²) in [5, 5.41) is 3.88. The van der Waals surface area contributed by atoms with E-state index in [-0.39, 0.29) is 0 Å². The van der Waals surface area contributed by atoms with Crippen LogP contribution in [0.25, 0.3) is 0 Å². The Labute approximate surface area is 142 Å². The number of halogens is 1. The van der Waals surface area contributed by atoms with Gasteiger partial charge in [-0.3, -0.25) is 0 Å². The number of hydrogen-bond acceptors (Lipinski definition) is 0. The molecule has 1 fully saturated rings. The molecule has 0 amide bonds. The van der Waals surface area contributed by atoms with E-state index >= 15 is 0 Å². The molecule has 3 aromatic carbocycles. The van der Waals surface area contributed by atoms with E-state index in [0.29, 0.717) is 5.66 Å². The third-order valence-electron chi connectivity index (χ3n) is 5.02. The zero-order valence-electron chi connectivity index (χ0n) is 13.0. The molecule has 2 heteroatoms. The predicted molar refractivity (Wildman–Crippen MR) is 104 cm³/mol. The van der Waals surface area contributed by atoms with Crippen LogP contribution in [0.4, 0.5) is 0 Å². The molecule has 0 heterocycles.